The van der Waals surface area contributed by atoms with E-state index < -0.39 is 6.03 Å². The summed E-state index contributed by atoms with van der Waals surface area (Å²) in [7, 11) is 0. The van der Waals surface area contributed by atoms with Crippen molar-refractivity contribution in [3.8, 4) is 0 Å². The molecule has 5 heteroatoms. The Morgan fingerprint density at radius 2 is 1.84 bits per heavy atom. The highest BCUT2D eigenvalue weighted by molar-refractivity contribution is 5.78. The number of nitrogens with one attached hydrogen (secondary N) is 2. The molecule has 0 aliphatic rings. The summed E-state index contributed by atoms with van der Waals surface area (Å²) >= 11 is 0. The molecule has 0 aromatic carbocycles. The lowest BCUT2D eigenvalue weighted by atomic mass is 9.80. The molecule has 19 heavy (non-hydrogen) atoms. The van der Waals surface area contributed by atoms with E-state index in [1.165, 1.54) is 0 Å². The number of carbonyl (C=O) groups excluding carboxylic acids is 2. The first-order valence-electron chi connectivity index (χ1n) is 7.07. The Morgan fingerprint density at radius 1 is 1.26 bits per heavy atom. The van der Waals surface area contributed by atoms with E-state index in [2.05, 4.69) is 31.4 Å². The van der Waals surface area contributed by atoms with E-state index >= 15 is 0 Å². The summed E-state index contributed by atoms with van der Waals surface area (Å²) in [4.78, 5) is 22.6. The molecule has 0 saturated carbocycles. The zero-order valence-corrected chi connectivity index (χ0v) is 12.9. The van der Waals surface area contributed by atoms with Gasteiger partial charge in [0.2, 0.25) is 5.91 Å². The Bertz CT molecular complexity index is 305. The largest absolute Gasteiger partial charge is 0.353 e. The molecule has 0 radical (unpaired) electrons. The van der Waals surface area contributed by atoms with Gasteiger partial charge in [-0.2, -0.15) is 0 Å². The van der Waals surface area contributed by atoms with Crippen molar-refractivity contribution in [3.05, 3.63) is 0 Å². The van der Waals surface area contributed by atoms with Gasteiger partial charge in [0.1, 0.15) is 0 Å². The van der Waals surface area contributed by atoms with Gasteiger partial charge in [-0.25, -0.2) is 4.79 Å². The van der Waals surface area contributed by atoms with Crippen molar-refractivity contribution in [3.63, 3.8) is 0 Å². The Balaban J connectivity index is 4.53. The van der Waals surface area contributed by atoms with Crippen molar-refractivity contribution in [1.82, 2.24) is 10.6 Å². The molecule has 0 aromatic heterocycles. The lowest BCUT2D eigenvalue weighted by Gasteiger charge is -2.33. The first-order valence-corrected chi connectivity index (χ1v) is 7.07. The van der Waals surface area contributed by atoms with Gasteiger partial charge in [-0.15, -0.1) is 0 Å². The number of carbonyl (C=O) groups is 2. The maximum Gasteiger partial charge on any atom is 0.312 e. The normalized spacial score (nSPS) is 15.7. The highest BCUT2D eigenvalue weighted by Crippen LogP contribution is 2.27. The van der Waals surface area contributed by atoms with Gasteiger partial charge in [0, 0.05) is 18.5 Å². The van der Waals surface area contributed by atoms with Crippen molar-refractivity contribution in [1.29, 1.82) is 0 Å². The summed E-state index contributed by atoms with van der Waals surface area (Å²) in [5, 5.41) is 5.73. The molecule has 3 amide bonds. The molecular formula is C14H29N3O2. The van der Waals surface area contributed by atoms with Gasteiger partial charge in [-0.3, -0.25) is 4.79 Å². The van der Waals surface area contributed by atoms with E-state index in [0.717, 1.165) is 19.3 Å². The third-order valence-corrected chi connectivity index (χ3v) is 3.65. The van der Waals surface area contributed by atoms with Crippen molar-refractivity contribution in [2.75, 3.05) is 6.54 Å². The van der Waals surface area contributed by atoms with Crippen LogP contribution in [-0.4, -0.2) is 24.5 Å². The number of rotatable bonds is 8. The number of nitrogens with two attached hydrogens (primary N) is 1. The van der Waals surface area contributed by atoms with Gasteiger partial charge in [-0.1, -0.05) is 34.6 Å². The third kappa shape index (κ3) is 7.03. The minimum absolute atomic E-state index is 0.00863. The average molecular weight is 271 g/mol. The van der Waals surface area contributed by atoms with Gasteiger partial charge in [0.15, 0.2) is 0 Å². The fourth-order valence-electron chi connectivity index (χ4n) is 1.90. The lowest BCUT2D eigenvalue weighted by Crippen LogP contribution is -2.44. The summed E-state index contributed by atoms with van der Waals surface area (Å²) in [6, 6.07) is -0.367. The summed E-state index contributed by atoms with van der Waals surface area (Å²) in [5.74, 6) is 0.0684. The average Bonchev–Trinajstić information content (AvgIpc) is 2.35. The van der Waals surface area contributed by atoms with Crippen LogP contribution in [0.15, 0.2) is 0 Å². The molecule has 4 N–H and O–H groups in total. The van der Waals surface area contributed by atoms with Crippen molar-refractivity contribution in [2.24, 2.45) is 17.1 Å². The van der Waals surface area contributed by atoms with Crippen LogP contribution in [0.25, 0.3) is 0 Å². The number of primary amides is 1. The highest BCUT2D eigenvalue weighted by atomic mass is 16.2. The van der Waals surface area contributed by atoms with Gasteiger partial charge >= 0.3 is 6.03 Å². The van der Waals surface area contributed by atoms with Crippen LogP contribution in [0, 0.1) is 11.3 Å². The van der Waals surface area contributed by atoms with E-state index in [-0.39, 0.29) is 23.3 Å². The van der Waals surface area contributed by atoms with Crippen LogP contribution in [0.4, 0.5) is 4.79 Å². The maximum atomic E-state index is 11.8. The van der Waals surface area contributed by atoms with Crippen LogP contribution in [0.3, 0.4) is 0 Å². The topological polar surface area (TPSA) is 84.2 Å². The van der Waals surface area contributed by atoms with Gasteiger partial charge in [0.25, 0.3) is 0 Å². The Kier molecular flexibility index (Phi) is 7.49. The summed E-state index contributed by atoms with van der Waals surface area (Å²) in [5.41, 5.74) is 5.06. The molecule has 0 aliphatic heterocycles. The van der Waals surface area contributed by atoms with Gasteiger partial charge in [0.05, 0.1) is 0 Å². The molecule has 0 bridgehead atoms. The van der Waals surface area contributed by atoms with E-state index in [0.29, 0.717) is 6.54 Å². The molecule has 0 aromatic rings. The molecule has 0 spiro atoms. The molecule has 2 atom stereocenters. The van der Waals surface area contributed by atoms with Crippen LogP contribution in [0.2, 0.25) is 0 Å². The van der Waals surface area contributed by atoms with Crippen LogP contribution < -0.4 is 16.4 Å². The number of hydrogen-bond donors (Lipinski definition) is 3. The SMILES string of the molecule is CCC(CC(C)(CC)CNC(N)=O)NC(=O)C(C)C. The molecule has 5 nitrogen and oxygen atoms in total. The first kappa shape index (κ1) is 17.7. The molecule has 0 rings (SSSR count). The minimum Gasteiger partial charge on any atom is -0.353 e. The highest BCUT2D eigenvalue weighted by Gasteiger charge is 2.27. The molecule has 0 aliphatic carbocycles. The predicted molar refractivity (Wildman–Crippen MR) is 77.7 cm³/mol. The summed E-state index contributed by atoms with van der Waals surface area (Å²) < 4.78 is 0. The van der Waals surface area contributed by atoms with Gasteiger partial charge < -0.3 is 16.4 Å². The Morgan fingerprint density at radius 3 is 2.21 bits per heavy atom. The van der Waals surface area contributed by atoms with E-state index in [1.807, 2.05) is 13.8 Å². The zero-order chi connectivity index (χ0) is 15.1. The second-order valence-electron chi connectivity index (χ2n) is 5.85. The Labute approximate surface area is 116 Å². The molecular weight excluding hydrogens is 242 g/mol. The fourth-order valence-corrected chi connectivity index (χ4v) is 1.90. The molecule has 112 valence electrons. The second-order valence-corrected chi connectivity index (χ2v) is 5.85. The molecule has 0 fully saturated rings. The first-order chi connectivity index (χ1) is 8.74. The summed E-state index contributed by atoms with van der Waals surface area (Å²) in [6.45, 7) is 10.5. The van der Waals surface area contributed by atoms with E-state index in [4.69, 9.17) is 5.73 Å². The molecule has 0 saturated heterocycles. The van der Waals surface area contributed by atoms with Crippen LogP contribution in [0.5, 0.6) is 0 Å². The Hall–Kier alpha value is -1.26. The smallest absolute Gasteiger partial charge is 0.312 e. The molecule has 0 heterocycles. The van der Waals surface area contributed by atoms with E-state index in [9.17, 15) is 9.59 Å². The van der Waals surface area contributed by atoms with E-state index in [1.54, 1.807) is 0 Å². The third-order valence-electron chi connectivity index (χ3n) is 3.65. The van der Waals surface area contributed by atoms with Crippen molar-refractivity contribution < 1.29 is 9.59 Å². The number of hydrogen-bond acceptors (Lipinski definition) is 2. The summed E-state index contributed by atoms with van der Waals surface area (Å²) in [6.07, 6.45) is 2.63. The number of urea groups is 1. The van der Waals surface area contributed by atoms with Crippen molar-refractivity contribution in [2.45, 2.75) is 59.9 Å². The maximum absolute atomic E-state index is 11.8. The predicted octanol–water partition coefficient (Wildman–Crippen LogP) is 2.01. The van der Waals surface area contributed by atoms with Crippen molar-refractivity contribution >= 4 is 11.9 Å². The monoisotopic (exact) mass is 271 g/mol. The fraction of sp³-hybridized carbons (Fsp3) is 0.857. The van der Waals surface area contributed by atoms with Crippen LogP contribution in [0.1, 0.15) is 53.9 Å². The molecule has 2 unspecified atom stereocenters. The quantitative estimate of drug-likeness (QED) is 0.631. The van der Waals surface area contributed by atoms with Crippen LogP contribution in [-0.2, 0) is 4.79 Å². The van der Waals surface area contributed by atoms with Gasteiger partial charge in [-0.05, 0) is 24.7 Å². The minimum atomic E-state index is -0.501. The zero-order valence-electron chi connectivity index (χ0n) is 12.9. The van der Waals surface area contributed by atoms with Crippen LogP contribution >= 0.6 is 0 Å². The lowest BCUT2D eigenvalue weighted by molar-refractivity contribution is -0.124. The standard InChI is InChI=1S/C14H29N3O2/c1-6-11(17-12(18)10(3)4)8-14(5,7-2)9-16-13(15)19/h10-11H,6-9H2,1-5H3,(H,17,18)(H3,15,16,19). The second kappa shape index (κ2) is 8.02. The number of amides is 3.